The van der Waals surface area contributed by atoms with Gasteiger partial charge >= 0.3 is 0 Å². The summed E-state index contributed by atoms with van der Waals surface area (Å²) in [5.41, 5.74) is 6.04. The van der Waals surface area contributed by atoms with E-state index in [9.17, 15) is 9.59 Å². The predicted octanol–water partition coefficient (Wildman–Crippen LogP) is 1.80. The Balaban J connectivity index is 1.54. The number of nitrogens with two attached hydrogens (primary N) is 1. The second kappa shape index (κ2) is 10.1. The third-order valence-electron chi connectivity index (χ3n) is 3.65. The van der Waals surface area contributed by atoms with Crippen LogP contribution in [-0.4, -0.2) is 34.5 Å². The summed E-state index contributed by atoms with van der Waals surface area (Å²) in [4.78, 5) is 26.1. The number of hydrogen-bond acceptors (Lipinski definition) is 4. The smallest absolute Gasteiger partial charge is 0.220 e. The van der Waals surface area contributed by atoms with Crippen LogP contribution < -0.4 is 15.8 Å². The van der Waals surface area contributed by atoms with Gasteiger partial charge in [0.1, 0.15) is 5.75 Å². The summed E-state index contributed by atoms with van der Waals surface area (Å²) in [5, 5.41) is 2.67. The van der Waals surface area contributed by atoms with Gasteiger partial charge in [0.25, 0.3) is 0 Å². The molecule has 2 amide bonds. The van der Waals surface area contributed by atoms with Crippen LogP contribution in [0.3, 0.4) is 0 Å². The van der Waals surface area contributed by atoms with Crippen molar-refractivity contribution >= 4 is 11.8 Å². The van der Waals surface area contributed by atoms with Crippen LogP contribution in [0.4, 0.5) is 0 Å². The van der Waals surface area contributed by atoms with Crippen LogP contribution in [0.2, 0.25) is 0 Å². The van der Waals surface area contributed by atoms with Crippen molar-refractivity contribution in [1.29, 1.82) is 0 Å². The predicted molar refractivity (Wildman–Crippen MR) is 94.3 cm³/mol. The fourth-order valence-corrected chi connectivity index (χ4v) is 2.29. The Labute approximate surface area is 147 Å². The first kappa shape index (κ1) is 18.5. The molecule has 0 aliphatic rings. The molecule has 1 aromatic heterocycles. The summed E-state index contributed by atoms with van der Waals surface area (Å²) in [6, 6.07) is 7.82. The van der Waals surface area contributed by atoms with Crippen LogP contribution in [0.5, 0.6) is 5.75 Å². The molecule has 0 saturated carbocycles. The molecule has 7 heteroatoms. The summed E-state index contributed by atoms with van der Waals surface area (Å²) in [7, 11) is 0. The summed E-state index contributed by atoms with van der Waals surface area (Å²) in [5.74, 6) is 0.376. The van der Waals surface area contributed by atoms with Crippen LogP contribution >= 0.6 is 0 Å². The molecule has 0 fully saturated rings. The largest absolute Gasteiger partial charge is 0.494 e. The van der Waals surface area contributed by atoms with Crippen LogP contribution in [-0.2, 0) is 9.59 Å². The van der Waals surface area contributed by atoms with E-state index >= 15 is 0 Å². The Morgan fingerprint density at radius 1 is 1.12 bits per heavy atom. The number of aromatic nitrogens is 2. The number of hydrogen-bond donors (Lipinski definition) is 2. The number of carbonyl (C=O) groups is 2. The molecule has 0 spiro atoms. The van der Waals surface area contributed by atoms with Gasteiger partial charge in [-0.15, -0.1) is 0 Å². The number of nitrogens with zero attached hydrogens (tertiary/aromatic N) is 2. The van der Waals surface area contributed by atoms with Gasteiger partial charge in [0.15, 0.2) is 0 Å². The van der Waals surface area contributed by atoms with Crippen molar-refractivity contribution in [3.8, 4) is 11.4 Å². The first-order valence-corrected chi connectivity index (χ1v) is 8.41. The van der Waals surface area contributed by atoms with Crippen LogP contribution in [0.1, 0.15) is 32.1 Å². The van der Waals surface area contributed by atoms with Gasteiger partial charge in [0.05, 0.1) is 12.9 Å². The zero-order valence-corrected chi connectivity index (χ0v) is 14.2. The van der Waals surface area contributed by atoms with Gasteiger partial charge in [0.2, 0.25) is 11.8 Å². The van der Waals surface area contributed by atoms with E-state index in [2.05, 4.69) is 10.3 Å². The highest BCUT2D eigenvalue weighted by molar-refractivity contribution is 5.77. The van der Waals surface area contributed by atoms with Crippen molar-refractivity contribution in [3.05, 3.63) is 43.0 Å². The minimum Gasteiger partial charge on any atom is -0.494 e. The highest BCUT2D eigenvalue weighted by Gasteiger charge is 2.02. The summed E-state index contributed by atoms with van der Waals surface area (Å²) in [6.45, 7) is 0.931. The van der Waals surface area contributed by atoms with Crippen LogP contribution in [0.25, 0.3) is 5.69 Å². The number of unbranched alkanes of at least 4 members (excludes halogenated alkanes) is 2. The van der Waals surface area contributed by atoms with Crippen molar-refractivity contribution in [2.45, 2.75) is 32.1 Å². The number of ether oxygens (including phenoxy) is 1. The lowest BCUT2D eigenvalue weighted by atomic mass is 10.2. The van der Waals surface area contributed by atoms with E-state index in [1.165, 1.54) is 0 Å². The summed E-state index contributed by atoms with van der Waals surface area (Å²) < 4.78 is 7.63. The molecule has 7 nitrogen and oxygen atoms in total. The van der Waals surface area contributed by atoms with E-state index < -0.39 is 5.91 Å². The van der Waals surface area contributed by atoms with Crippen molar-refractivity contribution in [1.82, 2.24) is 14.9 Å². The van der Waals surface area contributed by atoms with Gasteiger partial charge in [-0.1, -0.05) is 0 Å². The van der Waals surface area contributed by atoms with Crippen molar-refractivity contribution in [3.63, 3.8) is 0 Å². The number of nitrogens with one attached hydrogen (secondary N) is 1. The molecule has 25 heavy (non-hydrogen) atoms. The molecule has 0 aliphatic heterocycles. The van der Waals surface area contributed by atoms with Gasteiger partial charge in [0, 0.05) is 37.5 Å². The molecule has 0 unspecified atom stereocenters. The maximum Gasteiger partial charge on any atom is 0.220 e. The van der Waals surface area contributed by atoms with Crippen molar-refractivity contribution < 1.29 is 14.3 Å². The van der Waals surface area contributed by atoms with E-state index in [1.807, 2.05) is 35.0 Å². The van der Waals surface area contributed by atoms with Gasteiger partial charge in [-0.25, -0.2) is 4.98 Å². The highest BCUT2D eigenvalue weighted by Crippen LogP contribution is 2.15. The third kappa shape index (κ3) is 7.07. The minimum atomic E-state index is -0.407. The van der Waals surface area contributed by atoms with Gasteiger partial charge in [-0.3, -0.25) is 9.59 Å². The molecular formula is C18H24N4O3. The lowest BCUT2D eigenvalue weighted by Crippen LogP contribution is -2.27. The maximum absolute atomic E-state index is 11.5. The second-order valence-electron chi connectivity index (χ2n) is 5.69. The number of amides is 2. The van der Waals surface area contributed by atoms with Crippen molar-refractivity contribution in [2.75, 3.05) is 13.2 Å². The monoisotopic (exact) mass is 344 g/mol. The van der Waals surface area contributed by atoms with E-state index in [0.29, 0.717) is 19.6 Å². The molecule has 1 heterocycles. The van der Waals surface area contributed by atoms with Gasteiger partial charge < -0.3 is 20.4 Å². The Kier molecular flexibility index (Phi) is 7.49. The molecule has 0 aliphatic carbocycles. The average Bonchev–Trinajstić information content (AvgIpc) is 3.13. The molecule has 2 rings (SSSR count). The molecule has 134 valence electrons. The van der Waals surface area contributed by atoms with Crippen LogP contribution in [0, 0.1) is 0 Å². The molecule has 2 aromatic rings. The zero-order valence-electron chi connectivity index (χ0n) is 14.2. The molecule has 0 radical (unpaired) electrons. The Bertz CT molecular complexity index is 653. The fraction of sp³-hybridized carbons (Fsp3) is 0.389. The highest BCUT2D eigenvalue weighted by atomic mass is 16.5. The quantitative estimate of drug-likeness (QED) is 0.607. The normalized spacial score (nSPS) is 10.4. The molecule has 3 N–H and O–H groups in total. The van der Waals surface area contributed by atoms with Crippen molar-refractivity contribution in [2.24, 2.45) is 5.73 Å². The number of primary amides is 1. The first-order valence-electron chi connectivity index (χ1n) is 8.41. The first-order chi connectivity index (χ1) is 12.1. The number of imidazole rings is 1. The van der Waals surface area contributed by atoms with Crippen LogP contribution in [0.15, 0.2) is 43.0 Å². The third-order valence-corrected chi connectivity index (χ3v) is 3.65. The van der Waals surface area contributed by atoms with Gasteiger partial charge in [-0.2, -0.15) is 0 Å². The summed E-state index contributed by atoms with van der Waals surface area (Å²) in [6.07, 6.45) is 8.61. The maximum atomic E-state index is 11.5. The molecule has 0 atom stereocenters. The molecule has 0 bridgehead atoms. The standard InChI is InChI=1S/C18H24N4O3/c19-17(23)9-10-21-18(24)4-2-1-3-13-25-16-7-5-15(6-8-16)22-12-11-20-14-22/h5-8,11-12,14H,1-4,9-10,13H2,(H2,19,23)(H,21,24). The molecule has 1 aromatic carbocycles. The molecular weight excluding hydrogens is 320 g/mol. The lowest BCUT2D eigenvalue weighted by Gasteiger charge is -2.08. The molecule has 0 saturated heterocycles. The number of carbonyl (C=O) groups excluding carboxylic acids is 2. The number of benzene rings is 1. The number of rotatable bonds is 11. The SMILES string of the molecule is NC(=O)CCNC(=O)CCCCCOc1ccc(-n2ccnc2)cc1. The van der Waals surface area contributed by atoms with Gasteiger partial charge in [-0.05, 0) is 43.5 Å². The van der Waals surface area contributed by atoms with E-state index in [0.717, 1.165) is 30.7 Å². The Morgan fingerprint density at radius 3 is 2.60 bits per heavy atom. The van der Waals surface area contributed by atoms with E-state index in [1.54, 1.807) is 12.5 Å². The Morgan fingerprint density at radius 2 is 1.92 bits per heavy atom. The Hall–Kier alpha value is -2.83. The van der Waals surface area contributed by atoms with E-state index in [4.69, 9.17) is 10.5 Å². The zero-order chi connectivity index (χ0) is 17.9. The lowest BCUT2D eigenvalue weighted by molar-refractivity contribution is -0.121. The van der Waals surface area contributed by atoms with E-state index in [-0.39, 0.29) is 12.3 Å². The average molecular weight is 344 g/mol. The minimum absolute atomic E-state index is 0.0442. The fourth-order valence-electron chi connectivity index (χ4n) is 2.29. The summed E-state index contributed by atoms with van der Waals surface area (Å²) >= 11 is 0. The topological polar surface area (TPSA) is 99.2 Å². The second-order valence-corrected chi connectivity index (χ2v) is 5.69.